The molecule has 0 aliphatic carbocycles. The van der Waals surface area contributed by atoms with Crippen LogP contribution < -0.4 is 0 Å². The van der Waals surface area contributed by atoms with Gasteiger partial charge in [0.1, 0.15) is 17.2 Å². The highest BCUT2D eigenvalue weighted by Gasteiger charge is 2.16. The van der Waals surface area contributed by atoms with Crippen LogP contribution in [0.25, 0.3) is 66.4 Å². The third kappa shape index (κ3) is 4.33. The van der Waals surface area contributed by atoms with Crippen molar-refractivity contribution in [2.45, 2.75) is 0 Å². The lowest BCUT2D eigenvalue weighted by atomic mass is 9.88. The Kier molecular flexibility index (Phi) is 5.90. The maximum Gasteiger partial charge on any atom is 0.135 e. The Bertz CT molecular complexity index is 2100. The van der Waals surface area contributed by atoms with Gasteiger partial charge in [0.15, 0.2) is 0 Å². The second kappa shape index (κ2) is 10.0. The van der Waals surface area contributed by atoms with Crippen molar-refractivity contribution in [3.8, 4) is 56.6 Å². The van der Waals surface area contributed by atoms with Crippen molar-refractivity contribution in [3.63, 3.8) is 0 Å². The van der Waals surface area contributed by atoms with Gasteiger partial charge in [0.2, 0.25) is 0 Å². The number of fused-ring (bicyclic) bond motifs is 3. The van der Waals surface area contributed by atoms with E-state index >= 15 is 0 Å². The lowest BCUT2D eigenvalue weighted by Gasteiger charge is -2.14. The zero-order valence-electron chi connectivity index (χ0n) is 22.0. The van der Waals surface area contributed by atoms with Crippen LogP contribution in [0.3, 0.4) is 0 Å². The minimum absolute atomic E-state index is 0.631. The topological polar surface area (TPSA) is 60.7 Å². The summed E-state index contributed by atoms with van der Waals surface area (Å²) in [5.41, 5.74) is 10.8. The van der Waals surface area contributed by atoms with Crippen LogP contribution in [-0.2, 0) is 0 Å². The van der Waals surface area contributed by atoms with E-state index in [1.54, 1.807) is 0 Å². The Morgan fingerprint density at radius 1 is 0.415 bits per heavy atom. The molecule has 3 heteroatoms. The molecule has 0 unspecified atom stereocenters. The summed E-state index contributed by atoms with van der Waals surface area (Å²) in [5.74, 6) is 0. The summed E-state index contributed by atoms with van der Waals surface area (Å²) in [6.45, 7) is 0. The molecule has 7 aromatic rings. The summed E-state index contributed by atoms with van der Waals surface area (Å²) >= 11 is 0. The van der Waals surface area contributed by atoms with Gasteiger partial charge in [-0.25, -0.2) is 0 Å². The molecule has 0 atom stereocenters. The maximum atomic E-state index is 10.3. The number of nitriles is 2. The molecule has 0 spiro atoms. The highest BCUT2D eigenvalue weighted by Crippen LogP contribution is 2.39. The van der Waals surface area contributed by atoms with Crippen molar-refractivity contribution in [1.82, 2.24) is 0 Å². The van der Waals surface area contributed by atoms with E-state index in [9.17, 15) is 10.5 Å². The molecule has 0 aliphatic heterocycles. The number of benzene rings is 6. The molecule has 6 aromatic carbocycles. The summed E-state index contributed by atoms with van der Waals surface area (Å²) in [4.78, 5) is 0. The lowest BCUT2D eigenvalue weighted by molar-refractivity contribution is 0.669. The second-order valence-electron chi connectivity index (χ2n) is 10.0. The maximum absolute atomic E-state index is 10.3. The Balaban J connectivity index is 1.44. The molecule has 0 saturated heterocycles. The molecule has 0 N–H and O–H groups in total. The first-order valence-corrected chi connectivity index (χ1v) is 13.4. The molecule has 0 amide bonds. The summed E-state index contributed by atoms with van der Waals surface area (Å²) in [6.07, 6.45) is 0. The van der Waals surface area contributed by atoms with Crippen molar-refractivity contribution in [2.24, 2.45) is 0 Å². The molecule has 0 fully saturated rings. The molecular weight excluding hydrogens is 500 g/mol. The molecule has 0 saturated carbocycles. The molecule has 41 heavy (non-hydrogen) atoms. The van der Waals surface area contributed by atoms with E-state index in [0.29, 0.717) is 11.1 Å². The van der Waals surface area contributed by atoms with Gasteiger partial charge in [-0.05, 0) is 81.9 Å². The fourth-order valence-electron chi connectivity index (χ4n) is 5.52. The van der Waals surface area contributed by atoms with Crippen molar-refractivity contribution >= 4 is 21.9 Å². The third-order valence-corrected chi connectivity index (χ3v) is 7.55. The zero-order valence-corrected chi connectivity index (χ0v) is 22.0. The normalized spacial score (nSPS) is 10.9. The van der Waals surface area contributed by atoms with E-state index in [1.807, 2.05) is 103 Å². The minimum Gasteiger partial charge on any atom is -0.456 e. The lowest BCUT2D eigenvalue weighted by Crippen LogP contribution is -1.92. The SMILES string of the molecule is N#Cc1cccc(-c2ccc3oc4ccc(-c5cc(-c6ccccc6)c(C#N)c(-c6ccccc6)c5)cc4c3c2)c1. The van der Waals surface area contributed by atoms with Gasteiger partial charge in [0, 0.05) is 21.9 Å². The molecule has 190 valence electrons. The second-order valence-corrected chi connectivity index (χ2v) is 10.0. The van der Waals surface area contributed by atoms with Crippen molar-refractivity contribution in [2.75, 3.05) is 0 Å². The van der Waals surface area contributed by atoms with Crippen LogP contribution in [0.1, 0.15) is 11.1 Å². The summed E-state index contributed by atoms with van der Waals surface area (Å²) in [6, 6.07) is 49.1. The first kappa shape index (κ1) is 24.2. The van der Waals surface area contributed by atoms with E-state index in [0.717, 1.165) is 66.4 Å². The molecular formula is C38H22N2O. The number of rotatable bonds is 4. The van der Waals surface area contributed by atoms with Crippen LogP contribution in [-0.4, -0.2) is 0 Å². The Labute approximate surface area is 237 Å². The molecule has 1 heterocycles. The average Bonchev–Trinajstić information content (AvgIpc) is 3.42. The minimum atomic E-state index is 0.631. The predicted molar refractivity (Wildman–Crippen MR) is 165 cm³/mol. The van der Waals surface area contributed by atoms with Gasteiger partial charge >= 0.3 is 0 Å². The van der Waals surface area contributed by atoms with Gasteiger partial charge in [-0.1, -0.05) is 84.9 Å². The third-order valence-electron chi connectivity index (χ3n) is 7.55. The average molecular weight is 523 g/mol. The Hall–Kier alpha value is -5.90. The van der Waals surface area contributed by atoms with Crippen LogP contribution in [0.2, 0.25) is 0 Å². The van der Waals surface area contributed by atoms with Crippen molar-refractivity contribution in [3.05, 3.63) is 145 Å². The van der Waals surface area contributed by atoms with Gasteiger partial charge < -0.3 is 4.42 Å². The van der Waals surface area contributed by atoms with Gasteiger partial charge in [0.05, 0.1) is 17.2 Å². The molecule has 0 radical (unpaired) electrons. The fourth-order valence-corrected chi connectivity index (χ4v) is 5.52. The molecule has 0 aliphatic rings. The van der Waals surface area contributed by atoms with Crippen LogP contribution in [0.5, 0.6) is 0 Å². The van der Waals surface area contributed by atoms with Gasteiger partial charge in [-0.2, -0.15) is 10.5 Å². The predicted octanol–water partition coefficient (Wildman–Crippen LogP) is 10.00. The number of hydrogen-bond acceptors (Lipinski definition) is 3. The van der Waals surface area contributed by atoms with Gasteiger partial charge in [-0.3, -0.25) is 0 Å². The first-order valence-electron chi connectivity index (χ1n) is 13.4. The number of nitrogens with zero attached hydrogens (tertiary/aromatic N) is 2. The highest BCUT2D eigenvalue weighted by atomic mass is 16.3. The van der Waals surface area contributed by atoms with Gasteiger partial charge in [-0.15, -0.1) is 0 Å². The molecule has 7 rings (SSSR count). The molecule has 3 nitrogen and oxygen atoms in total. The first-order chi connectivity index (χ1) is 20.2. The van der Waals surface area contributed by atoms with Crippen LogP contribution >= 0.6 is 0 Å². The Morgan fingerprint density at radius 3 is 1.46 bits per heavy atom. The van der Waals surface area contributed by atoms with Gasteiger partial charge in [0.25, 0.3) is 0 Å². The van der Waals surface area contributed by atoms with E-state index in [2.05, 4.69) is 42.5 Å². The smallest absolute Gasteiger partial charge is 0.135 e. The van der Waals surface area contributed by atoms with E-state index in [1.165, 1.54) is 0 Å². The quantitative estimate of drug-likeness (QED) is 0.231. The summed E-state index contributed by atoms with van der Waals surface area (Å²) in [7, 11) is 0. The molecule has 0 bridgehead atoms. The van der Waals surface area contributed by atoms with Crippen LogP contribution in [0.4, 0.5) is 0 Å². The summed E-state index contributed by atoms with van der Waals surface area (Å²) in [5, 5.41) is 21.7. The number of furan rings is 1. The van der Waals surface area contributed by atoms with Crippen molar-refractivity contribution < 1.29 is 4.42 Å². The van der Waals surface area contributed by atoms with E-state index < -0.39 is 0 Å². The Morgan fingerprint density at radius 2 is 0.927 bits per heavy atom. The van der Waals surface area contributed by atoms with Crippen LogP contribution in [0.15, 0.2) is 138 Å². The molecule has 1 aromatic heterocycles. The highest BCUT2D eigenvalue weighted by molar-refractivity contribution is 6.08. The van der Waals surface area contributed by atoms with E-state index in [-0.39, 0.29) is 0 Å². The standard InChI is InChI=1S/C38H22N2O/c39-23-25-8-7-13-28(18-25)29-14-16-37-34(19-29)35-20-30(15-17-38(35)41-37)31-21-32(26-9-3-1-4-10-26)36(24-40)33(22-31)27-11-5-2-6-12-27/h1-22H. The monoisotopic (exact) mass is 522 g/mol. The van der Waals surface area contributed by atoms with Crippen LogP contribution in [0, 0.1) is 22.7 Å². The van der Waals surface area contributed by atoms with Crippen molar-refractivity contribution in [1.29, 1.82) is 10.5 Å². The largest absolute Gasteiger partial charge is 0.456 e. The van der Waals surface area contributed by atoms with E-state index in [4.69, 9.17) is 4.42 Å². The number of hydrogen-bond donors (Lipinski definition) is 0. The summed E-state index contributed by atoms with van der Waals surface area (Å²) < 4.78 is 6.21. The zero-order chi connectivity index (χ0) is 27.8. The fraction of sp³-hybridized carbons (Fsp3) is 0.